The number of rotatable bonds is 2. The van der Waals surface area contributed by atoms with Crippen LogP contribution in [0.15, 0.2) is 60.8 Å². The Bertz CT molecular complexity index is 1220. The van der Waals surface area contributed by atoms with E-state index in [9.17, 15) is 4.79 Å². The highest BCUT2D eigenvalue weighted by molar-refractivity contribution is 6.18. The summed E-state index contributed by atoms with van der Waals surface area (Å²) in [4.78, 5) is 12.9. The first-order valence-electron chi connectivity index (χ1n) is 8.87. The Labute approximate surface area is 151 Å². The average Bonchev–Trinajstić information content (AvgIpc) is 2.96. The second-order valence-corrected chi connectivity index (χ2v) is 6.71. The van der Waals surface area contributed by atoms with Gasteiger partial charge in [-0.15, -0.1) is 0 Å². The number of hydrogen-bond donors (Lipinski definition) is 0. The molecule has 3 heteroatoms. The van der Waals surface area contributed by atoms with Crippen molar-refractivity contribution in [1.29, 1.82) is 0 Å². The molecule has 2 heterocycles. The molecule has 0 unspecified atom stereocenters. The van der Waals surface area contributed by atoms with E-state index >= 15 is 0 Å². The minimum atomic E-state index is -0.284. The lowest BCUT2D eigenvalue weighted by atomic mass is 10.0. The van der Waals surface area contributed by atoms with Crippen molar-refractivity contribution in [2.45, 2.75) is 13.8 Å². The first-order valence-corrected chi connectivity index (χ1v) is 8.87. The molecule has 126 valence electrons. The van der Waals surface area contributed by atoms with Crippen molar-refractivity contribution in [3.63, 3.8) is 0 Å². The predicted molar refractivity (Wildman–Crippen MR) is 102 cm³/mol. The van der Waals surface area contributed by atoms with E-state index in [1.54, 1.807) is 0 Å². The molecule has 2 aromatic carbocycles. The number of carbonyl (C=O) groups is 1. The maximum atomic E-state index is 12.9. The zero-order valence-electron chi connectivity index (χ0n) is 14.7. The number of ether oxygens (including phenoxy) is 1. The molecule has 0 spiro atoms. The van der Waals surface area contributed by atoms with Crippen LogP contribution in [0.4, 0.5) is 0 Å². The summed E-state index contributed by atoms with van der Waals surface area (Å²) in [6, 6.07) is 18.9. The van der Waals surface area contributed by atoms with Crippen molar-refractivity contribution in [2.24, 2.45) is 0 Å². The summed E-state index contributed by atoms with van der Waals surface area (Å²) in [5.74, 6) is -0.284. The Morgan fingerprint density at radius 1 is 1.00 bits per heavy atom. The Balaban J connectivity index is 1.98. The molecule has 26 heavy (non-hydrogen) atoms. The van der Waals surface area contributed by atoms with Gasteiger partial charge in [-0.3, -0.25) is 0 Å². The molecule has 4 aromatic rings. The van der Waals surface area contributed by atoms with Gasteiger partial charge < -0.3 is 4.74 Å². The Morgan fingerprint density at radius 3 is 2.54 bits per heavy atom. The third-order valence-electron chi connectivity index (χ3n) is 5.11. The van der Waals surface area contributed by atoms with E-state index in [2.05, 4.69) is 55.5 Å². The summed E-state index contributed by atoms with van der Waals surface area (Å²) in [6.45, 7) is 4.26. The van der Waals surface area contributed by atoms with Gasteiger partial charge in [0.05, 0.1) is 12.2 Å². The van der Waals surface area contributed by atoms with E-state index in [1.165, 1.54) is 16.3 Å². The van der Waals surface area contributed by atoms with Crippen molar-refractivity contribution in [1.82, 2.24) is 0 Å². The van der Waals surface area contributed by atoms with Crippen molar-refractivity contribution >= 4 is 22.3 Å². The van der Waals surface area contributed by atoms with Crippen molar-refractivity contribution in [3.05, 3.63) is 72.1 Å². The third kappa shape index (κ3) is 1.94. The summed E-state index contributed by atoms with van der Waals surface area (Å²) in [5.41, 5.74) is 7.11. The number of benzene rings is 2. The van der Waals surface area contributed by atoms with Crippen LogP contribution >= 0.6 is 0 Å². The van der Waals surface area contributed by atoms with Gasteiger partial charge in [-0.05, 0) is 41.3 Å². The van der Waals surface area contributed by atoms with Crippen LogP contribution in [0.2, 0.25) is 0 Å². The summed E-state index contributed by atoms with van der Waals surface area (Å²) in [7, 11) is 0. The van der Waals surface area contributed by atoms with Crippen LogP contribution < -0.4 is 4.40 Å². The van der Waals surface area contributed by atoms with Crippen LogP contribution in [0.3, 0.4) is 0 Å². The molecule has 0 bridgehead atoms. The van der Waals surface area contributed by atoms with Gasteiger partial charge in [0.1, 0.15) is 0 Å². The van der Waals surface area contributed by atoms with Crippen molar-refractivity contribution in [2.75, 3.05) is 6.61 Å². The first-order chi connectivity index (χ1) is 12.7. The fourth-order valence-corrected chi connectivity index (χ4v) is 4.07. The molecule has 0 radical (unpaired) electrons. The molecule has 1 aliphatic carbocycles. The molecule has 5 rings (SSSR count). The minimum Gasteiger partial charge on any atom is -0.458 e. The highest BCUT2D eigenvalue weighted by Gasteiger charge is 2.34. The second-order valence-electron chi connectivity index (χ2n) is 6.71. The Kier molecular flexibility index (Phi) is 3.13. The lowest BCUT2D eigenvalue weighted by molar-refractivity contribution is -0.515. The number of nitrogens with zero attached hydrogens (tertiary/aromatic N) is 1. The monoisotopic (exact) mass is 340 g/mol. The predicted octanol–water partition coefficient (Wildman–Crippen LogP) is 4.71. The van der Waals surface area contributed by atoms with Crippen LogP contribution in [0, 0.1) is 6.92 Å². The zero-order chi connectivity index (χ0) is 17.8. The molecule has 0 saturated carbocycles. The SMILES string of the molecule is CCOC(=O)c1c2c(cc3cc(C)cc[n+]13)-c1cccc3cccc-2c13. The zero-order valence-corrected chi connectivity index (χ0v) is 14.7. The maximum Gasteiger partial charge on any atom is 0.404 e. The van der Waals surface area contributed by atoms with E-state index in [0.717, 1.165) is 27.8 Å². The molecule has 0 saturated heterocycles. The molecule has 0 N–H and O–H groups in total. The summed E-state index contributed by atoms with van der Waals surface area (Å²) < 4.78 is 7.38. The van der Waals surface area contributed by atoms with Crippen molar-refractivity contribution < 1.29 is 13.9 Å². The Hall–Kier alpha value is -3.20. The normalized spacial score (nSPS) is 11.8. The van der Waals surface area contributed by atoms with Crippen molar-refractivity contribution in [3.8, 4) is 22.3 Å². The highest BCUT2D eigenvalue weighted by atomic mass is 16.5. The topological polar surface area (TPSA) is 30.4 Å². The van der Waals surface area contributed by atoms with E-state index in [4.69, 9.17) is 4.74 Å². The third-order valence-corrected chi connectivity index (χ3v) is 5.11. The van der Waals surface area contributed by atoms with Gasteiger partial charge in [-0.2, -0.15) is 4.40 Å². The minimum absolute atomic E-state index is 0.284. The average molecular weight is 340 g/mol. The van der Waals surface area contributed by atoms with E-state index in [-0.39, 0.29) is 5.97 Å². The van der Waals surface area contributed by atoms with Crippen LogP contribution in [-0.2, 0) is 4.74 Å². The number of carbonyl (C=O) groups excluding carboxylic acids is 1. The van der Waals surface area contributed by atoms with Gasteiger partial charge >= 0.3 is 11.7 Å². The molecule has 0 amide bonds. The number of aryl methyl sites for hydroxylation is 1. The molecule has 0 atom stereocenters. The van der Waals surface area contributed by atoms with Gasteiger partial charge in [0.2, 0.25) is 5.52 Å². The highest BCUT2D eigenvalue weighted by Crippen LogP contribution is 2.48. The smallest absolute Gasteiger partial charge is 0.404 e. The van der Waals surface area contributed by atoms with Gasteiger partial charge in [-0.25, -0.2) is 4.79 Å². The summed E-state index contributed by atoms with van der Waals surface area (Å²) >= 11 is 0. The maximum absolute atomic E-state index is 12.9. The molecule has 1 aliphatic rings. The molecule has 0 aliphatic heterocycles. The van der Waals surface area contributed by atoms with E-state index in [0.29, 0.717) is 12.3 Å². The standard InChI is InChI=1S/C23H18NO2/c1-3-26-23(25)22-21-18-9-5-7-15-6-4-8-17(20(15)18)19(21)13-16-12-14(2)10-11-24(16)22/h4-13H,3H2,1-2H3/q+1. The van der Waals surface area contributed by atoms with E-state index < -0.39 is 0 Å². The van der Waals surface area contributed by atoms with Gasteiger partial charge in [0, 0.05) is 23.8 Å². The fourth-order valence-electron chi connectivity index (χ4n) is 4.07. The van der Waals surface area contributed by atoms with Crippen LogP contribution in [0.5, 0.6) is 0 Å². The molecular weight excluding hydrogens is 322 g/mol. The molecule has 3 nitrogen and oxygen atoms in total. The Morgan fingerprint density at radius 2 is 1.77 bits per heavy atom. The lowest BCUT2D eigenvalue weighted by Crippen LogP contribution is -2.32. The number of esters is 1. The van der Waals surface area contributed by atoms with Crippen LogP contribution in [0.1, 0.15) is 23.0 Å². The van der Waals surface area contributed by atoms with Gasteiger partial charge in [0.15, 0.2) is 6.20 Å². The number of hydrogen-bond acceptors (Lipinski definition) is 2. The quantitative estimate of drug-likeness (QED) is 0.344. The second kappa shape index (κ2) is 5.40. The van der Waals surface area contributed by atoms with Crippen LogP contribution in [-0.4, -0.2) is 12.6 Å². The summed E-state index contributed by atoms with van der Waals surface area (Å²) in [6.07, 6.45) is 1.96. The van der Waals surface area contributed by atoms with Crippen LogP contribution in [0.25, 0.3) is 38.5 Å². The van der Waals surface area contributed by atoms with E-state index in [1.807, 2.05) is 23.6 Å². The lowest BCUT2D eigenvalue weighted by Gasteiger charge is -2.08. The first kappa shape index (κ1) is 15.1. The molecule has 2 aromatic heterocycles. The molecule has 0 fully saturated rings. The van der Waals surface area contributed by atoms with Gasteiger partial charge in [-0.1, -0.05) is 36.4 Å². The van der Waals surface area contributed by atoms with Gasteiger partial charge in [0.25, 0.3) is 0 Å². The number of pyridine rings is 2. The largest absolute Gasteiger partial charge is 0.458 e. The number of fused-ring (bicyclic) bond motifs is 4. The molecular formula is C23H18NO2+. The number of aromatic nitrogens is 1. The fraction of sp³-hybridized carbons (Fsp3) is 0.130. The summed E-state index contributed by atoms with van der Waals surface area (Å²) in [5, 5.41) is 2.40.